The first kappa shape index (κ1) is 11.2. The first-order valence-corrected chi connectivity index (χ1v) is 4.48. The summed E-state index contributed by atoms with van der Waals surface area (Å²) < 4.78 is 4.85. The maximum atomic E-state index is 11.4. The molecule has 0 radical (unpaired) electrons. The molecule has 0 saturated heterocycles. The standard InChI is InChI=1S/C10H12N2O3/c1-2-15-10(13)8-5-3-4-6-9(8)11-7-12-14/h3-7,14H,2H2,1H3,(H,11,12). The summed E-state index contributed by atoms with van der Waals surface area (Å²) in [4.78, 5) is 15.3. The van der Waals surface area contributed by atoms with Crippen LogP contribution in [0.4, 0.5) is 5.69 Å². The lowest BCUT2D eigenvalue weighted by molar-refractivity contribution is 0.0527. The predicted octanol–water partition coefficient (Wildman–Crippen LogP) is 1.50. The summed E-state index contributed by atoms with van der Waals surface area (Å²) >= 11 is 0. The highest BCUT2D eigenvalue weighted by molar-refractivity contribution is 5.95. The van der Waals surface area contributed by atoms with Crippen molar-refractivity contribution in [1.29, 1.82) is 0 Å². The fourth-order valence-corrected chi connectivity index (χ4v) is 1.07. The van der Waals surface area contributed by atoms with Crippen LogP contribution in [0.3, 0.4) is 0 Å². The van der Waals surface area contributed by atoms with Crippen molar-refractivity contribution in [2.45, 2.75) is 6.92 Å². The van der Waals surface area contributed by atoms with E-state index in [1.165, 1.54) is 0 Å². The minimum absolute atomic E-state index is 0.315. The summed E-state index contributed by atoms with van der Waals surface area (Å²) in [5.41, 5.74) is 2.58. The number of benzene rings is 1. The van der Waals surface area contributed by atoms with Gasteiger partial charge in [0.05, 0.1) is 17.9 Å². The highest BCUT2D eigenvalue weighted by Gasteiger charge is 2.10. The van der Waals surface area contributed by atoms with Gasteiger partial charge in [-0.25, -0.2) is 9.79 Å². The average Bonchev–Trinajstić information content (AvgIpc) is 2.27. The Kier molecular flexibility index (Phi) is 4.30. The zero-order valence-electron chi connectivity index (χ0n) is 8.30. The predicted molar refractivity (Wildman–Crippen MR) is 55.5 cm³/mol. The third kappa shape index (κ3) is 3.07. The van der Waals surface area contributed by atoms with Crippen molar-refractivity contribution < 1.29 is 14.7 Å². The van der Waals surface area contributed by atoms with Crippen LogP contribution in [0.1, 0.15) is 17.3 Å². The van der Waals surface area contributed by atoms with Gasteiger partial charge in [0.1, 0.15) is 6.34 Å². The molecule has 80 valence electrons. The third-order valence-corrected chi connectivity index (χ3v) is 1.66. The molecule has 0 aliphatic carbocycles. The van der Waals surface area contributed by atoms with Gasteiger partial charge in [0.2, 0.25) is 0 Å². The van der Waals surface area contributed by atoms with Crippen LogP contribution in [0, 0.1) is 0 Å². The third-order valence-electron chi connectivity index (χ3n) is 1.66. The number of hydroxylamine groups is 1. The topological polar surface area (TPSA) is 70.9 Å². The van der Waals surface area contributed by atoms with E-state index >= 15 is 0 Å². The Morgan fingerprint density at radius 2 is 2.33 bits per heavy atom. The maximum absolute atomic E-state index is 11.4. The minimum atomic E-state index is -0.428. The molecule has 0 bridgehead atoms. The molecule has 0 spiro atoms. The number of ether oxygens (including phenoxy) is 1. The summed E-state index contributed by atoms with van der Waals surface area (Å²) in [6.45, 7) is 2.05. The smallest absolute Gasteiger partial charge is 0.340 e. The molecule has 0 heterocycles. The maximum Gasteiger partial charge on any atom is 0.340 e. The zero-order chi connectivity index (χ0) is 11.1. The molecule has 1 aromatic rings. The lowest BCUT2D eigenvalue weighted by atomic mass is 10.2. The lowest BCUT2D eigenvalue weighted by Gasteiger charge is -2.04. The molecule has 0 saturated carbocycles. The fourth-order valence-electron chi connectivity index (χ4n) is 1.07. The Balaban J connectivity index is 2.95. The fraction of sp³-hybridized carbons (Fsp3) is 0.200. The van der Waals surface area contributed by atoms with Gasteiger partial charge in [-0.05, 0) is 19.1 Å². The van der Waals surface area contributed by atoms with Gasteiger partial charge >= 0.3 is 5.97 Å². The Labute approximate surface area is 87.4 Å². The Morgan fingerprint density at radius 3 is 3.00 bits per heavy atom. The second-order valence-electron chi connectivity index (χ2n) is 2.62. The Hall–Kier alpha value is -1.88. The van der Waals surface area contributed by atoms with Gasteiger partial charge in [-0.3, -0.25) is 10.7 Å². The van der Waals surface area contributed by atoms with E-state index in [-0.39, 0.29) is 0 Å². The van der Waals surface area contributed by atoms with Gasteiger partial charge in [0.15, 0.2) is 0 Å². The average molecular weight is 208 g/mol. The van der Waals surface area contributed by atoms with Gasteiger partial charge in [-0.15, -0.1) is 0 Å². The molecular formula is C10H12N2O3. The number of aliphatic imine (C=N–C) groups is 1. The van der Waals surface area contributed by atoms with Crippen molar-refractivity contribution in [3.8, 4) is 0 Å². The second-order valence-corrected chi connectivity index (χ2v) is 2.62. The van der Waals surface area contributed by atoms with Crippen LogP contribution < -0.4 is 5.48 Å². The van der Waals surface area contributed by atoms with Gasteiger partial charge in [-0.1, -0.05) is 12.1 Å². The van der Waals surface area contributed by atoms with Gasteiger partial charge in [-0.2, -0.15) is 0 Å². The SMILES string of the molecule is CCOC(=O)c1ccccc1N=CNO. The molecule has 0 aliphatic rings. The van der Waals surface area contributed by atoms with E-state index < -0.39 is 5.97 Å². The van der Waals surface area contributed by atoms with Crippen molar-refractivity contribution in [1.82, 2.24) is 5.48 Å². The highest BCUT2D eigenvalue weighted by atomic mass is 16.5. The Bertz CT molecular complexity index is 363. The highest BCUT2D eigenvalue weighted by Crippen LogP contribution is 2.18. The number of esters is 1. The number of nitrogens with zero attached hydrogens (tertiary/aromatic N) is 1. The summed E-state index contributed by atoms with van der Waals surface area (Å²) in [7, 11) is 0. The molecule has 0 amide bonds. The Morgan fingerprint density at radius 1 is 1.60 bits per heavy atom. The second kappa shape index (κ2) is 5.77. The van der Waals surface area contributed by atoms with E-state index in [0.717, 1.165) is 6.34 Å². The number of hydrogen-bond donors (Lipinski definition) is 2. The summed E-state index contributed by atoms with van der Waals surface area (Å²) in [6, 6.07) is 6.73. The van der Waals surface area contributed by atoms with Crippen molar-refractivity contribution >= 4 is 18.0 Å². The molecule has 5 heteroatoms. The van der Waals surface area contributed by atoms with E-state index in [2.05, 4.69) is 4.99 Å². The van der Waals surface area contributed by atoms with E-state index in [4.69, 9.17) is 9.94 Å². The number of carbonyl (C=O) groups excluding carboxylic acids is 1. The van der Waals surface area contributed by atoms with E-state index in [1.807, 2.05) is 0 Å². The van der Waals surface area contributed by atoms with Crippen molar-refractivity contribution in [3.63, 3.8) is 0 Å². The molecule has 0 aliphatic heterocycles. The monoisotopic (exact) mass is 208 g/mol. The van der Waals surface area contributed by atoms with Gasteiger partial charge < -0.3 is 4.74 Å². The molecule has 0 fully saturated rings. The van der Waals surface area contributed by atoms with Crippen LogP contribution >= 0.6 is 0 Å². The molecular weight excluding hydrogens is 196 g/mol. The summed E-state index contributed by atoms with van der Waals surface area (Å²) in [5.74, 6) is -0.428. The molecule has 0 aromatic heterocycles. The molecule has 0 atom stereocenters. The zero-order valence-corrected chi connectivity index (χ0v) is 8.30. The van der Waals surface area contributed by atoms with Crippen LogP contribution in [0.2, 0.25) is 0 Å². The summed E-state index contributed by atoms with van der Waals surface area (Å²) in [5, 5.41) is 8.34. The number of rotatable bonds is 4. The largest absolute Gasteiger partial charge is 0.462 e. The van der Waals surface area contributed by atoms with Crippen LogP contribution in [0.25, 0.3) is 0 Å². The van der Waals surface area contributed by atoms with Crippen molar-refractivity contribution in [2.24, 2.45) is 4.99 Å². The molecule has 1 rings (SSSR count). The quantitative estimate of drug-likeness (QED) is 0.340. The molecule has 1 aromatic carbocycles. The van der Waals surface area contributed by atoms with Crippen molar-refractivity contribution in [2.75, 3.05) is 6.61 Å². The first-order valence-electron chi connectivity index (χ1n) is 4.48. The van der Waals surface area contributed by atoms with Crippen molar-refractivity contribution in [3.05, 3.63) is 29.8 Å². The van der Waals surface area contributed by atoms with E-state index in [0.29, 0.717) is 17.9 Å². The number of carbonyl (C=O) groups is 1. The normalized spacial score (nSPS) is 10.3. The molecule has 2 N–H and O–H groups in total. The molecule has 15 heavy (non-hydrogen) atoms. The molecule has 0 unspecified atom stereocenters. The lowest BCUT2D eigenvalue weighted by Crippen LogP contribution is -2.06. The van der Waals surface area contributed by atoms with Gasteiger partial charge in [0, 0.05) is 0 Å². The van der Waals surface area contributed by atoms with Crippen LogP contribution in [0.5, 0.6) is 0 Å². The first-order chi connectivity index (χ1) is 7.29. The van der Waals surface area contributed by atoms with Crippen LogP contribution in [-0.4, -0.2) is 24.1 Å². The number of para-hydroxylation sites is 1. The van der Waals surface area contributed by atoms with E-state index in [9.17, 15) is 4.79 Å². The number of nitrogens with one attached hydrogen (secondary N) is 1. The number of hydrogen-bond acceptors (Lipinski definition) is 4. The minimum Gasteiger partial charge on any atom is -0.462 e. The van der Waals surface area contributed by atoms with Crippen LogP contribution in [0.15, 0.2) is 29.3 Å². The summed E-state index contributed by atoms with van der Waals surface area (Å²) in [6.07, 6.45) is 1.08. The molecule has 5 nitrogen and oxygen atoms in total. The van der Waals surface area contributed by atoms with Crippen LogP contribution in [-0.2, 0) is 4.74 Å². The van der Waals surface area contributed by atoms with Gasteiger partial charge in [0.25, 0.3) is 0 Å². The van der Waals surface area contributed by atoms with E-state index in [1.54, 1.807) is 36.7 Å².